The first-order valence-corrected chi connectivity index (χ1v) is 4.42. The molecule has 0 unspecified atom stereocenters. The molecular formula is C9H8BrNO. The van der Waals surface area contributed by atoms with Crippen LogP contribution in [-0.2, 0) is 0 Å². The van der Waals surface area contributed by atoms with E-state index in [0.29, 0.717) is 0 Å². The maximum atomic E-state index is 5.25. The number of methoxy groups -OCH3 is 1. The molecule has 3 heteroatoms. The van der Waals surface area contributed by atoms with Gasteiger partial charge in [0.15, 0.2) is 0 Å². The van der Waals surface area contributed by atoms with E-state index >= 15 is 0 Å². The molecular weight excluding hydrogens is 218 g/mol. The summed E-state index contributed by atoms with van der Waals surface area (Å²) in [7, 11) is 1.67. The van der Waals surface area contributed by atoms with Crippen LogP contribution in [0.25, 0.3) is 10.9 Å². The molecule has 2 aromatic rings. The van der Waals surface area contributed by atoms with Crippen LogP contribution in [0.5, 0.6) is 5.75 Å². The molecule has 1 heterocycles. The molecule has 0 aliphatic rings. The molecule has 62 valence electrons. The number of hydrogen-bond donors (Lipinski definition) is 1. The zero-order valence-electron chi connectivity index (χ0n) is 6.60. The Balaban J connectivity index is 2.83. The summed E-state index contributed by atoms with van der Waals surface area (Å²) in [5.41, 5.74) is 1.09. The molecule has 2 nitrogen and oxygen atoms in total. The molecule has 0 amide bonds. The molecule has 0 aliphatic carbocycles. The molecule has 0 radical (unpaired) electrons. The Labute approximate surface area is 78.7 Å². The third-order valence-corrected chi connectivity index (χ3v) is 2.47. The monoisotopic (exact) mass is 225 g/mol. The van der Waals surface area contributed by atoms with Crippen molar-refractivity contribution in [1.82, 2.24) is 4.98 Å². The lowest BCUT2D eigenvalue weighted by atomic mass is 10.2. The number of benzene rings is 1. The molecule has 1 aromatic heterocycles. The van der Waals surface area contributed by atoms with E-state index in [0.717, 1.165) is 21.1 Å². The standard InChI is InChI=1S/C9H8BrNO/c1-12-9-6-4-5-11-8(6)3-2-7(9)10/h2-5,11H,1H3. The fourth-order valence-corrected chi connectivity index (χ4v) is 1.79. The molecule has 12 heavy (non-hydrogen) atoms. The quantitative estimate of drug-likeness (QED) is 0.794. The predicted octanol–water partition coefficient (Wildman–Crippen LogP) is 2.94. The normalized spacial score (nSPS) is 10.5. The lowest BCUT2D eigenvalue weighted by Gasteiger charge is -2.03. The van der Waals surface area contributed by atoms with E-state index in [1.165, 1.54) is 0 Å². The number of fused-ring (bicyclic) bond motifs is 1. The fraction of sp³-hybridized carbons (Fsp3) is 0.111. The van der Waals surface area contributed by atoms with Gasteiger partial charge in [-0.15, -0.1) is 0 Å². The van der Waals surface area contributed by atoms with Gasteiger partial charge in [0.1, 0.15) is 5.75 Å². The number of rotatable bonds is 1. The average Bonchev–Trinajstić information content (AvgIpc) is 2.52. The van der Waals surface area contributed by atoms with Crippen molar-refractivity contribution in [2.75, 3.05) is 7.11 Å². The van der Waals surface area contributed by atoms with Crippen molar-refractivity contribution in [2.24, 2.45) is 0 Å². The Morgan fingerprint density at radius 1 is 1.33 bits per heavy atom. The van der Waals surface area contributed by atoms with E-state index in [1.807, 2.05) is 24.4 Å². The lowest BCUT2D eigenvalue weighted by molar-refractivity contribution is 0.417. The van der Waals surface area contributed by atoms with Gasteiger partial charge in [0.05, 0.1) is 11.6 Å². The number of halogens is 1. The smallest absolute Gasteiger partial charge is 0.142 e. The number of nitrogens with one attached hydrogen (secondary N) is 1. The SMILES string of the molecule is COc1c(Br)ccc2[nH]ccc12. The third kappa shape index (κ3) is 1.01. The summed E-state index contributed by atoms with van der Waals surface area (Å²) in [5.74, 6) is 0.883. The Morgan fingerprint density at radius 2 is 2.17 bits per heavy atom. The van der Waals surface area contributed by atoms with Gasteiger partial charge in [0.2, 0.25) is 0 Å². The van der Waals surface area contributed by atoms with Crippen molar-refractivity contribution in [2.45, 2.75) is 0 Å². The van der Waals surface area contributed by atoms with Gasteiger partial charge in [-0.2, -0.15) is 0 Å². The summed E-state index contributed by atoms with van der Waals surface area (Å²) >= 11 is 3.42. The highest BCUT2D eigenvalue weighted by Crippen LogP contribution is 2.32. The minimum atomic E-state index is 0.883. The zero-order valence-corrected chi connectivity index (χ0v) is 8.18. The highest BCUT2D eigenvalue weighted by Gasteiger charge is 2.05. The van der Waals surface area contributed by atoms with Crippen LogP contribution < -0.4 is 4.74 Å². The van der Waals surface area contributed by atoms with Gasteiger partial charge >= 0.3 is 0 Å². The first-order chi connectivity index (χ1) is 5.83. The summed E-state index contributed by atoms with van der Waals surface area (Å²) in [6.45, 7) is 0. The Hall–Kier alpha value is -0.960. The number of hydrogen-bond acceptors (Lipinski definition) is 1. The summed E-state index contributed by atoms with van der Waals surface area (Å²) in [6, 6.07) is 5.98. The third-order valence-electron chi connectivity index (χ3n) is 1.84. The van der Waals surface area contributed by atoms with Crippen molar-refractivity contribution in [3.63, 3.8) is 0 Å². The lowest BCUT2D eigenvalue weighted by Crippen LogP contribution is -1.84. The first kappa shape index (κ1) is 7.68. The van der Waals surface area contributed by atoms with E-state index in [2.05, 4.69) is 20.9 Å². The van der Waals surface area contributed by atoms with Crippen LogP contribution in [0.2, 0.25) is 0 Å². The highest BCUT2D eigenvalue weighted by atomic mass is 79.9. The minimum absolute atomic E-state index is 0.883. The Kier molecular flexibility index (Phi) is 1.81. The Morgan fingerprint density at radius 3 is 2.92 bits per heavy atom. The molecule has 2 rings (SSSR count). The fourth-order valence-electron chi connectivity index (χ4n) is 1.29. The van der Waals surface area contributed by atoms with E-state index in [1.54, 1.807) is 7.11 Å². The van der Waals surface area contributed by atoms with Crippen LogP contribution in [0.4, 0.5) is 0 Å². The van der Waals surface area contributed by atoms with Gasteiger partial charge in [-0.05, 0) is 34.1 Å². The van der Waals surface area contributed by atoms with Crippen molar-refractivity contribution in [3.8, 4) is 5.75 Å². The van der Waals surface area contributed by atoms with Crippen LogP contribution in [0, 0.1) is 0 Å². The van der Waals surface area contributed by atoms with Gasteiger partial charge in [-0.25, -0.2) is 0 Å². The largest absolute Gasteiger partial charge is 0.495 e. The van der Waals surface area contributed by atoms with E-state index in [-0.39, 0.29) is 0 Å². The van der Waals surface area contributed by atoms with Gasteiger partial charge in [-0.1, -0.05) is 0 Å². The predicted molar refractivity (Wildman–Crippen MR) is 52.6 cm³/mol. The van der Waals surface area contributed by atoms with Gasteiger partial charge < -0.3 is 9.72 Å². The molecule has 1 N–H and O–H groups in total. The molecule has 0 saturated heterocycles. The molecule has 0 spiro atoms. The second kappa shape index (κ2) is 2.83. The van der Waals surface area contributed by atoms with Crippen LogP contribution in [0.3, 0.4) is 0 Å². The average molecular weight is 226 g/mol. The molecule has 0 aliphatic heterocycles. The maximum absolute atomic E-state index is 5.25. The Bertz CT molecular complexity index is 408. The van der Waals surface area contributed by atoms with Gasteiger partial charge in [-0.3, -0.25) is 0 Å². The van der Waals surface area contributed by atoms with Crippen LogP contribution in [-0.4, -0.2) is 12.1 Å². The number of H-pyrrole nitrogens is 1. The van der Waals surface area contributed by atoms with Crippen molar-refractivity contribution < 1.29 is 4.74 Å². The van der Waals surface area contributed by atoms with E-state index in [4.69, 9.17) is 4.74 Å². The minimum Gasteiger partial charge on any atom is -0.495 e. The van der Waals surface area contributed by atoms with Crippen LogP contribution in [0.15, 0.2) is 28.9 Å². The van der Waals surface area contributed by atoms with Crippen LogP contribution in [0.1, 0.15) is 0 Å². The van der Waals surface area contributed by atoms with Crippen molar-refractivity contribution >= 4 is 26.8 Å². The highest BCUT2D eigenvalue weighted by molar-refractivity contribution is 9.10. The summed E-state index contributed by atoms with van der Waals surface area (Å²) in [4.78, 5) is 3.12. The molecule has 0 fully saturated rings. The molecule has 0 saturated carbocycles. The molecule has 1 aromatic carbocycles. The van der Waals surface area contributed by atoms with Crippen molar-refractivity contribution in [3.05, 3.63) is 28.9 Å². The first-order valence-electron chi connectivity index (χ1n) is 3.62. The molecule has 0 bridgehead atoms. The van der Waals surface area contributed by atoms with E-state index < -0.39 is 0 Å². The number of aromatic nitrogens is 1. The second-order valence-electron chi connectivity index (χ2n) is 2.52. The number of ether oxygens (including phenoxy) is 1. The van der Waals surface area contributed by atoms with Gasteiger partial charge in [0.25, 0.3) is 0 Å². The summed E-state index contributed by atoms with van der Waals surface area (Å²) < 4.78 is 6.23. The van der Waals surface area contributed by atoms with Gasteiger partial charge in [0, 0.05) is 17.1 Å². The topological polar surface area (TPSA) is 25.0 Å². The summed E-state index contributed by atoms with van der Waals surface area (Å²) in [6.07, 6.45) is 1.90. The van der Waals surface area contributed by atoms with Crippen LogP contribution >= 0.6 is 15.9 Å². The molecule has 0 atom stereocenters. The second-order valence-corrected chi connectivity index (χ2v) is 3.37. The number of aromatic amines is 1. The maximum Gasteiger partial charge on any atom is 0.142 e. The zero-order chi connectivity index (χ0) is 8.55. The van der Waals surface area contributed by atoms with Crippen molar-refractivity contribution in [1.29, 1.82) is 0 Å². The van der Waals surface area contributed by atoms with E-state index in [9.17, 15) is 0 Å². The summed E-state index contributed by atoms with van der Waals surface area (Å²) in [5, 5.41) is 1.10.